The van der Waals surface area contributed by atoms with Gasteiger partial charge in [0.25, 0.3) is 5.56 Å². The number of hydrogen-bond donors (Lipinski definition) is 4. The van der Waals surface area contributed by atoms with Crippen molar-refractivity contribution >= 4 is 23.1 Å². The molecule has 0 fully saturated rings. The van der Waals surface area contributed by atoms with Gasteiger partial charge < -0.3 is 15.8 Å². The highest BCUT2D eigenvalue weighted by Gasteiger charge is 2.23. The molecule has 3 heterocycles. The number of nitrogens with two attached hydrogens (primary N) is 1. The van der Waals surface area contributed by atoms with Gasteiger partial charge in [0, 0.05) is 11.6 Å². The maximum atomic E-state index is 14.1. The standard InChI is InChI=1S/C28H23N7O2/c1-37-20-14-12-18(13-15-20)24-26(30-22-16-21(29)32-33-22)31-27-23(17-8-4-2-5-9-17)25(34-35(27)28(24)36)19-10-6-3-7-11-19/h2-16,34H,1H3,(H4,29,30,32,33). The Morgan fingerprint density at radius 2 is 1.51 bits per heavy atom. The van der Waals surface area contributed by atoms with E-state index >= 15 is 0 Å². The first-order chi connectivity index (χ1) is 18.1. The van der Waals surface area contributed by atoms with Crippen LogP contribution in [0.2, 0.25) is 0 Å². The van der Waals surface area contributed by atoms with E-state index in [2.05, 4.69) is 20.6 Å². The van der Waals surface area contributed by atoms with Crippen molar-refractivity contribution in [2.45, 2.75) is 0 Å². The highest BCUT2D eigenvalue weighted by Crippen LogP contribution is 2.36. The summed E-state index contributed by atoms with van der Waals surface area (Å²) in [6.45, 7) is 0. The Morgan fingerprint density at radius 1 is 0.865 bits per heavy atom. The van der Waals surface area contributed by atoms with Crippen LogP contribution in [0, 0.1) is 0 Å². The number of benzene rings is 3. The Hall–Kier alpha value is -5.31. The van der Waals surface area contributed by atoms with Gasteiger partial charge in [-0.25, -0.2) is 4.98 Å². The maximum absolute atomic E-state index is 14.1. The average Bonchev–Trinajstić information content (AvgIpc) is 3.53. The molecule has 3 aromatic carbocycles. The van der Waals surface area contributed by atoms with Gasteiger partial charge in [0.15, 0.2) is 11.5 Å². The number of nitrogen functional groups attached to an aromatic ring is 1. The van der Waals surface area contributed by atoms with Gasteiger partial charge in [0.2, 0.25) is 0 Å². The fourth-order valence-corrected chi connectivity index (χ4v) is 4.39. The number of methoxy groups -OCH3 is 1. The van der Waals surface area contributed by atoms with E-state index in [9.17, 15) is 4.79 Å². The first-order valence-corrected chi connectivity index (χ1v) is 11.6. The van der Waals surface area contributed by atoms with E-state index in [0.717, 1.165) is 22.4 Å². The molecule has 0 aliphatic carbocycles. The zero-order chi connectivity index (χ0) is 25.4. The quantitative estimate of drug-likeness (QED) is 0.258. The van der Waals surface area contributed by atoms with Crippen molar-refractivity contribution in [1.82, 2.24) is 24.8 Å². The van der Waals surface area contributed by atoms with E-state index in [0.29, 0.717) is 40.0 Å². The van der Waals surface area contributed by atoms with Gasteiger partial charge in [-0.15, -0.1) is 0 Å². The zero-order valence-corrected chi connectivity index (χ0v) is 19.9. The molecule has 0 spiro atoms. The molecule has 6 rings (SSSR count). The maximum Gasteiger partial charge on any atom is 0.282 e. The number of H-pyrrole nitrogens is 2. The molecule has 3 aromatic heterocycles. The monoisotopic (exact) mass is 489 g/mol. The predicted molar refractivity (Wildman–Crippen MR) is 145 cm³/mol. The lowest BCUT2D eigenvalue weighted by Gasteiger charge is -2.11. The summed E-state index contributed by atoms with van der Waals surface area (Å²) in [5.41, 5.74) is 10.6. The minimum Gasteiger partial charge on any atom is -0.497 e. The minimum atomic E-state index is -0.263. The van der Waals surface area contributed by atoms with Crippen LogP contribution in [0.15, 0.2) is 95.8 Å². The highest BCUT2D eigenvalue weighted by atomic mass is 16.5. The SMILES string of the molecule is COc1ccc(-c2c(Nc3cc(N)[nH]n3)nc3c(-c4ccccc4)c(-c4ccccc4)[nH]n3c2=O)cc1. The van der Waals surface area contributed by atoms with Crippen molar-refractivity contribution in [2.24, 2.45) is 0 Å². The predicted octanol–water partition coefficient (Wildman–Crippen LogP) is 5.08. The molecule has 0 radical (unpaired) electrons. The third-order valence-electron chi connectivity index (χ3n) is 6.13. The first kappa shape index (κ1) is 22.2. The smallest absolute Gasteiger partial charge is 0.282 e. The summed E-state index contributed by atoms with van der Waals surface area (Å²) >= 11 is 0. The van der Waals surface area contributed by atoms with Gasteiger partial charge >= 0.3 is 0 Å². The molecule has 0 aliphatic rings. The molecule has 0 amide bonds. The summed E-state index contributed by atoms with van der Waals surface area (Å²) in [6, 6.07) is 28.7. The Labute approximate surface area is 211 Å². The van der Waals surface area contributed by atoms with E-state index in [1.165, 1.54) is 4.52 Å². The van der Waals surface area contributed by atoms with Crippen molar-refractivity contribution in [2.75, 3.05) is 18.2 Å². The third-order valence-corrected chi connectivity index (χ3v) is 6.13. The Balaban J connectivity index is 1.67. The molecule has 0 bridgehead atoms. The topological polar surface area (TPSA) is 126 Å². The number of aromatic amines is 2. The molecule has 5 N–H and O–H groups in total. The molecule has 6 aromatic rings. The van der Waals surface area contributed by atoms with Gasteiger partial charge in [-0.2, -0.15) is 9.61 Å². The molecule has 37 heavy (non-hydrogen) atoms. The van der Waals surface area contributed by atoms with Crippen LogP contribution in [-0.2, 0) is 0 Å². The lowest BCUT2D eigenvalue weighted by molar-refractivity contribution is 0.415. The van der Waals surface area contributed by atoms with Crippen LogP contribution in [0.5, 0.6) is 5.75 Å². The zero-order valence-electron chi connectivity index (χ0n) is 19.9. The summed E-state index contributed by atoms with van der Waals surface area (Å²) in [5.74, 6) is 1.88. The van der Waals surface area contributed by atoms with Gasteiger partial charge in [0.05, 0.1) is 23.9 Å². The Morgan fingerprint density at radius 3 is 2.14 bits per heavy atom. The summed E-state index contributed by atoms with van der Waals surface area (Å²) in [7, 11) is 1.60. The Kier molecular flexibility index (Phi) is 5.42. The molecule has 182 valence electrons. The molecule has 0 unspecified atom stereocenters. The van der Waals surface area contributed by atoms with Crippen LogP contribution >= 0.6 is 0 Å². The van der Waals surface area contributed by atoms with E-state index < -0.39 is 0 Å². The first-order valence-electron chi connectivity index (χ1n) is 11.6. The van der Waals surface area contributed by atoms with E-state index in [4.69, 9.17) is 15.5 Å². The van der Waals surface area contributed by atoms with Crippen LogP contribution in [0.4, 0.5) is 17.5 Å². The van der Waals surface area contributed by atoms with E-state index in [1.54, 1.807) is 25.3 Å². The fraction of sp³-hybridized carbons (Fsp3) is 0.0357. The number of ether oxygens (including phenoxy) is 1. The van der Waals surface area contributed by atoms with E-state index in [-0.39, 0.29) is 5.56 Å². The van der Waals surface area contributed by atoms with E-state index in [1.807, 2.05) is 72.8 Å². The normalized spacial score (nSPS) is 11.1. The Bertz CT molecular complexity index is 1750. The molecule has 0 atom stereocenters. The van der Waals surface area contributed by atoms with Crippen molar-refractivity contribution in [3.8, 4) is 39.3 Å². The van der Waals surface area contributed by atoms with Gasteiger partial charge in [0.1, 0.15) is 17.4 Å². The molecule has 9 heteroatoms. The largest absolute Gasteiger partial charge is 0.497 e. The molecule has 0 aliphatic heterocycles. The van der Waals surface area contributed by atoms with Crippen LogP contribution in [0.25, 0.3) is 39.2 Å². The number of nitrogens with one attached hydrogen (secondary N) is 3. The number of rotatable bonds is 6. The van der Waals surface area contributed by atoms with Crippen molar-refractivity contribution in [3.05, 3.63) is 101 Å². The van der Waals surface area contributed by atoms with Crippen LogP contribution in [-0.4, -0.2) is 31.9 Å². The van der Waals surface area contributed by atoms with Gasteiger partial charge in [-0.05, 0) is 23.3 Å². The van der Waals surface area contributed by atoms with Crippen molar-refractivity contribution in [3.63, 3.8) is 0 Å². The van der Waals surface area contributed by atoms with Gasteiger partial charge in [-0.1, -0.05) is 72.8 Å². The summed E-state index contributed by atoms with van der Waals surface area (Å²) < 4.78 is 6.80. The number of hydrogen-bond acceptors (Lipinski definition) is 6. The second-order valence-corrected chi connectivity index (χ2v) is 8.46. The second kappa shape index (κ2) is 9.04. The lowest BCUT2D eigenvalue weighted by Crippen LogP contribution is -2.19. The lowest BCUT2D eigenvalue weighted by atomic mass is 10.0. The second-order valence-electron chi connectivity index (χ2n) is 8.46. The van der Waals surface area contributed by atoms with Crippen molar-refractivity contribution in [1.29, 1.82) is 0 Å². The number of nitrogens with zero attached hydrogens (tertiary/aromatic N) is 3. The highest BCUT2D eigenvalue weighted by molar-refractivity contribution is 5.92. The molecular weight excluding hydrogens is 466 g/mol. The summed E-state index contributed by atoms with van der Waals surface area (Å²) in [6.07, 6.45) is 0. The van der Waals surface area contributed by atoms with Crippen LogP contribution in [0.3, 0.4) is 0 Å². The fourth-order valence-electron chi connectivity index (χ4n) is 4.39. The van der Waals surface area contributed by atoms with Crippen LogP contribution < -0.4 is 21.3 Å². The number of aromatic nitrogens is 5. The molecule has 0 saturated heterocycles. The summed E-state index contributed by atoms with van der Waals surface area (Å²) in [5, 5.41) is 13.4. The molecule has 0 saturated carbocycles. The van der Waals surface area contributed by atoms with Crippen molar-refractivity contribution < 1.29 is 4.74 Å². The number of fused-ring (bicyclic) bond motifs is 1. The molecular formula is C28H23N7O2. The average molecular weight is 490 g/mol. The minimum absolute atomic E-state index is 0.263. The number of anilines is 3. The third kappa shape index (κ3) is 3.98. The van der Waals surface area contributed by atoms with Gasteiger partial charge in [-0.3, -0.25) is 15.0 Å². The van der Waals surface area contributed by atoms with Crippen LogP contribution in [0.1, 0.15) is 0 Å². The molecule has 9 nitrogen and oxygen atoms in total. The summed E-state index contributed by atoms with van der Waals surface area (Å²) in [4.78, 5) is 19.1.